The Hall–Kier alpha value is -1.06. The van der Waals surface area contributed by atoms with E-state index in [1.807, 2.05) is 32.6 Å². The van der Waals surface area contributed by atoms with Crippen LogP contribution in [0.4, 0.5) is 0 Å². The number of nitrogens with one attached hydrogen (secondary N) is 1. The summed E-state index contributed by atoms with van der Waals surface area (Å²) in [5.74, 6) is 0.644. The average molecular weight is 266 g/mol. The van der Waals surface area contributed by atoms with Crippen molar-refractivity contribution in [1.82, 2.24) is 10.2 Å². The van der Waals surface area contributed by atoms with Crippen LogP contribution in [0.3, 0.4) is 0 Å². The number of carbonyl (C=O) groups is 2. The minimum absolute atomic E-state index is 0.0250. The summed E-state index contributed by atoms with van der Waals surface area (Å²) in [6.07, 6.45) is 2.99. The maximum absolute atomic E-state index is 12.9. The Kier molecular flexibility index (Phi) is 3.63. The standard InChI is InChI=1S/C15H26N2O2/c1-6-10(4)12-13(18)16-15(5,11-7-8-11)14(19)17(12)9(2)3/h9-12H,6-8H2,1-5H3,(H,16,18). The third-order valence-electron chi connectivity index (χ3n) is 4.76. The van der Waals surface area contributed by atoms with Crippen molar-refractivity contribution < 1.29 is 9.59 Å². The molecule has 1 N–H and O–H groups in total. The van der Waals surface area contributed by atoms with Gasteiger partial charge in [0.15, 0.2) is 0 Å². The Balaban J connectivity index is 2.34. The van der Waals surface area contributed by atoms with Crippen LogP contribution < -0.4 is 5.32 Å². The third-order valence-corrected chi connectivity index (χ3v) is 4.76. The van der Waals surface area contributed by atoms with E-state index in [9.17, 15) is 9.59 Å². The van der Waals surface area contributed by atoms with Crippen LogP contribution in [0.25, 0.3) is 0 Å². The van der Waals surface area contributed by atoms with E-state index in [-0.39, 0.29) is 29.8 Å². The molecule has 1 heterocycles. The molecule has 1 saturated heterocycles. The second-order valence-electron chi connectivity index (χ2n) is 6.60. The van der Waals surface area contributed by atoms with Gasteiger partial charge in [0.05, 0.1) is 0 Å². The molecule has 1 saturated carbocycles. The van der Waals surface area contributed by atoms with Gasteiger partial charge in [-0.2, -0.15) is 0 Å². The molecule has 4 heteroatoms. The summed E-state index contributed by atoms with van der Waals surface area (Å²) in [4.78, 5) is 27.2. The zero-order valence-electron chi connectivity index (χ0n) is 12.7. The SMILES string of the molecule is CCC(C)C1C(=O)NC(C)(C2CC2)C(=O)N1C(C)C. The molecule has 4 nitrogen and oxygen atoms in total. The molecular weight excluding hydrogens is 240 g/mol. The smallest absolute Gasteiger partial charge is 0.249 e. The lowest BCUT2D eigenvalue weighted by molar-refractivity contribution is -0.159. The van der Waals surface area contributed by atoms with E-state index in [4.69, 9.17) is 0 Å². The molecule has 0 aromatic rings. The normalized spacial score (nSPS) is 33.6. The van der Waals surface area contributed by atoms with Gasteiger partial charge in [0.1, 0.15) is 11.6 Å². The van der Waals surface area contributed by atoms with E-state index >= 15 is 0 Å². The van der Waals surface area contributed by atoms with Crippen LogP contribution in [0.2, 0.25) is 0 Å². The molecular formula is C15H26N2O2. The van der Waals surface area contributed by atoms with Crippen LogP contribution in [0.5, 0.6) is 0 Å². The molecule has 0 aromatic heterocycles. The van der Waals surface area contributed by atoms with Crippen molar-refractivity contribution >= 4 is 11.8 Å². The second kappa shape index (κ2) is 4.80. The van der Waals surface area contributed by atoms with E-state index < -0.39 is 5.54 Å². The van der Waals surface area contributed by atoms with Gasteiger partial charge < -0.3 is 10.2 Å². The van der Waals surface area contributed by atoms with Gasteiger partial charge in [-0.15, -0.1) is 0 Å². The summed E-state index contributed by atoms with van der Waals surface area (Å²) in [6, 6.07) is -0.250. The molecule has 1 aliphatic heterocycles. The summed E-state index contributed by atoms with van der Waals surface area (Å²) >= 11 is 0. The van der Waals surface area contributed by atoms with Gasteiger partial charge >= 0.3 is 0 Å². The van der Waals surface area contributed by atoms with Gasteiger partial charge in [0.25, 0.3) is 0 Å². The predicted molar refractivity (Wildman–Crippen MR) is 74.5 cm³/mol. The van der Waals surface area contributed by atoms with Crippen molar-refractivity contribution in [3.8, 4) is 0 Å². The van der Waals surface area contributed by atoms with Gasteiger partial charge in [-0.3, -0.25) is 9.59 Å². The zero-order chi connectivity index (χ0) is 14.4. The fourth-order valence-electron chi connectivity index (χ4n) is 3.15. The molecule has 2 aliphatic rings. The van der Waals surface area contributed by atoms with Gasteiger partial charge in [-0.25, -0.2) is 0 Å². The van der Waals surface area contributed by atoms with E-state index in [2.05, 4.69) is 12.2 Å². The average Bonchev–Trinajstić information content (AvgIpc) is 3.16. The van der Waals surface area contributed by atoms with Crippen molar-refractivity contribution in [2.75, 3.05) is 0 Å². The van der Waals surface area contributed by atoms with Gasteiger partial charge in [-0.1, -0.05) is 20.3 Å². The van der Waals surface area contributed by atoms with Gasteiger partial charge in [0, 0.05) is 6.04 Å². The Bertz CT molecular complexity index is 390. The highest BCUT2D eigenvalue weighted by Gasteiger charge is 2.56. The van der Waals surface area contributed by atoms with Crippen LogP contribution in [0.1, 0.15) is 53.9 Å². The lowest BCUT2D eigenvalue weighted by atomic mass is 9.84. The van der Waals surface area contributed by atoms with Crippen molar-refractivity contribution in [3.05, 3.63) is 0 Å². The van der Waals surface area contributed by atoms with Crippen molar-refractivity contribution in [3.63, 3.8) is 0 Å². The fourth-order valence-corrected chi connectivity index (χ4v) is 3.15. The minimum Gasteiger partial charge on any atom is -0.340 e. The Morgan fingerprint density at radius 2 is 1.89 bits per heavy atom. The van der Waals surface area contributed by atoms with E-state index in [0.29, 0.717) is 5.92 Å². The molecule has 2 fully saturated rings. The Morgan fingerprint density at radius 3 is 2.32 bits per heavy atom. The van der Waals surface area contributed by atoms with Crippen LogP contribution in [-0.2, 0) is 9.59 Å². The van der Waals surface area contributed by atoms with Gasteiger partial charge in [-0.05, 0) is 45.4 Å². The van der Waals surface area contributed by atoms with Crippen LogP contribution in [0.15, 0.2) is 0 Å². The maximum atomic E-state index is 12.9. The Labute approximate surface area is 115 Å². The first-order chi connectivity index (χ1) is 8.82. The summed E-state index contributed by atoms with van der Waals surface area (Å²) in [7, 11) is 0. The van der Waals surface area contributed by atoms with Crippen LogP contribution >= 0.6 is 0 Å². The molecule has 0 aromatic carbocycles. The first-order valence-electron chi connectivity index (χ1n) is 7.47. The molecule has 19 heavy (non-hydrogen) atoms. The number of carbonyl (C=O) groups excluding carboxylic acids is 2. The summed E-state index contributed by atoms with van der Waals surface area (Å²) in [5.41, 5.74) is -0.675. The topological polar surface area (TPSA) is 49.4 Å². The maximum Gasteiger partial charge on any atom is 0.249 e. The number of rotatable bonds is 4. The zero-order valence-corrected chi connectivity index (χ0v) is 12.7. The first kappa shape index (κ1) is 14.4. The summed E-state index contributed by atoms with van der Waals surface area (Å²) < 4.78 is 0. The molecule has 3 unspecified atom stereocenters. The highest BCUT2D eigenvalue weighted by molar-refractivity contribution is 6.00. The van der Waals surface area contributed by atoms with Gasteiger partial charge in [0.2, 0.25) is 11.8 Å². The molecule has 0 radical (unpaired) electrons. The number of hydrogen-bond acceptors (Lipinski definition) is 2. The first-order valence-corrected chi connectivity index (χ1v) is 7.47. The fraction of sp³-hybridized carbons (Fsp3) is 0.867. The lowest BCUT2D eigenvalue weighted by Crippen LogP contribution is -2.72. The third kappa shape index (κ3) is 2.26. The lowest BCUT2D eigenvalue weighted by Gasteiger charge is -2.48. The second-order valence-corrected chi connectivity index (χ2v) is 6.60. The monoisotopic (exact) mass is 266 g/mol. The molecule has 0 bridgehead atoms. The molecule has 2 rings (SSSR count). The predicted octanol–water partition coefficient (Wildman–Crippen LogP) is 1.94. The molecule has 0 spiro atoms. The number of nitrogens with zero attached hydrogens (tertiary/aromatic N) is 1. The van der Waals surface area contributed by atoms with Crippen LogP contribution in [-0.4, -0.2) is 34.3 Å². The summed E-state index contributed by atoms with van der Waals surface area (Å²) in [5, 5.41) is 3.02. The molecule has 108 valence electrons. The summed E-state index contributed by atoms with van der Waals surface area (Å²) in [6.45, 7) is 10.0. The number of piperazine rings is 1. The van der Waals surface area contributed by atoms with Crippen molar-refractivity contribution in [2.45, 2.75) is 71.5 Å². The van der Waals surface area contributed by atoms with Crippen LogP contribution in [0, 0.1) is 11.8 Å². The van der Waals surface area contributed by atoms with E-state index in [1.165, 1.54) is 0 Å². The molecule has 1 aliphatic carbocycles. The largest absolute Gasteiger partial charge is 0.340 e. The molecule has 3 atom stereocenters. The Morgan fingerprint density at radius 1 is 1.32 bits per heavy atom. The highest BCUT2D eigenvalue weighted by Crippen LogP contribution is 2.43. The highest BCUT2D eigenvalue weighted by atomic mass is 16.2. The van der Waals surface area contributed by atoms with E-state index in [0.717, 1.165) is 19.3 Å². The van der Waals surface area contributed by atoms with Crippen molar-refractivity contribution in [1.29, 1.82) is 0 Å². The minimum atomic E-state index is -0.675. The number of hydrogen-bond donors (Lipinski definition) is 1. The quantitative estimate of drug-likeness (QED) is 0.845. The van der Waals surface area contributed by atoms with E-state index in [1.54, 1.807) is 0 Å². The van der Waals surface area contributed by atoms with Crippen molar-refractivity contribution in [2.24, 2.45) is 11.8 Å². The number of amides is 2. The molecule has 2 amide bonds.